The van der Waals surface area contributed by atoms with Crippen molar-refractivity contribution >= 4 is 21.8 Å². The Bertz CT molecular complexity index is 1510. The monoisotopic (exact) mass is 497 g/mol. The van der Waals surface area contributed by atoms with E-state index in [9.17, 15) is 22.8 Å². The van der Waals surface area contributed by atoms with Crippen LogP contribution in [0.2, 0.25) is 0 Å². The SMILES string of the molecule is Cc1c(C=CC(=O)NCCCn2c(=O)c(-c3ccccc3)c3n(c2=O)CCCS3(=O)=O)ncn1C. The lowest BCUT2D eigenvalue weighted by Gasteiger charge is -2.23. The molecule has 0 atom stereocenters. The van der Waals surface area contributed by atoms with E-state index in [-0.39, 0.29) is 41.9 Å². The molecule has 0 unspecified atom stereocenters. The summed E-state index contributed by atoms with van der Waals surface area (Å²) in [4.78, 5) is 42.8. The van der Waals surface area contributed by atoms with Crippen LogP contribution in [-0.4, -0.2) is 45.3 Å². The third-order valence-electron chi connectivity index (χ3n) is 6.05. The summed E-state index contributed by atoms with van der Waals surface area (Å²) in [7, 11) is -1.91. The molecule has 2 aromatic heterocycles. The Morgan fingerprint density at radius 3 is 2.63 bits per heavy atom. The molecule has 1 N–H and O–H groups in total. The first-order valence-corrected chi connectivity index (χ1v) is 13.0. The number of aryl methyl sites for hydroxylation is 1. The van der Waals surface area contributed by atoms with E-state index in [1.54, 1.807) is 42.7 Å². The predicted octanol–water partition coefficient (Wildman–Crippen LogP) is 1.12. The molecule has 0 saturated carbocycles. The summed E-state index contributed by atoms with van der Waals surface area (Å²) in [6.45, 7) is 2.40. The van der Waals surface area contributed by atoms with Gasteiger partial charge in [0.25, 0.3) is 5.56 Å². The molecule has 0 saturated heterocycles. The number of benzene rings is 1. The summed E-state index contributed by atoms with van der Waals surface area (Å²) in [5.74, 6) is -0.423. The first kappa shape index (κ1) is 24.4. The Hall–Kier alpha value is -3.73. The normalized spacial score (nSPS) is 14.7. The highest BCUT2D eigenvalue weighted by atomic mass is 32.2. The van der Waals surface area contributed by atoms with Crippen LogP contribution in [0.1, 0.15) is 24.2 Å². The van der Waals surface area contributed by atoms with Crippen LogP contribution in [0.4, 0.5) is 0 Å². The van der Waals surface area contributed by atoms with Crippen molar-refractivity contribution < 1.29 is 13.2 Å². The third kappa shape index (κ3) is 4.90. The number of rotatable bonds is 7. The van der Waals surface area contributed by atoms with Crippen molar-refractivity contribution in [3.8, 4) is 11.1 Å². The number of fused-ring (bicyclic) bond motifs is 1. The fraction of sp³-hybridized carbons (Fsp3) is 0.333. The Kier molecular flexibility index (Phi) is 6.88. The Balaban J connectivity index is 1.55. The van der Waals surface area contributed by atoms with Gasteiger partial charge in [-0.2, -0.15) is 0 Å². The van der Waals surface area contributed by atoms with Gasteiger partial charge in [-0.25, -0.2) is 18.2 Å². The van der Waals surface area contributed by atoms with Crippen LogP contribution < -0.4 is 16.6 Å². The molecule has 10 nitrogen and oxygen atoms in total. The summed E-state index contributed by atoms with van der Waals surface area (Å²) < 4.78 is 29.8. The Labute approximate surface area is 202 Å². The molecular weight excluding hydrogens is 470 g/mol. The molecule has 1 aliphatic rings. The highest BCUT2D eigenvalue weighted by Crippen LogP contribution is 2.27. The summed E-state index contributed by atoms with van der Waals surface area (Å²) in [5.41, 5.74) is 0.795. The van der Waals surface area contributed by atoms with Gasteiger partial charge in [-0.05, 0) is 31.4 Å². The fourth-order valence-electron chi connectivity index (χ4n) is 4.10. The molecule has 1 aliphatic heterocycles. The molecule has 35 heavy (non-hydrogen) atoms. The molecule has 0 bridgehead atoms. The molecule has 4 rings (SSSR count). The maximum absolute atomic E-state index is 13.3. The number of amides is 1. The van der Waals surface area contributed by atoms with Gasteiger partial charge >= 0.3 is 5.69 Å². The summed E-state index contributed by atoms with van der Waals surface area (Å²) in [6, 6.07) is 8.52. The van der Waals surface area contributed by atoms with E-state index in [0.717, 1.165) is 10.3 Å². The maximum Gasteiger partial charge on any atom is 0.332 e. The van der Waals surface area contributed by atoms with Gasteiger partial charge in [0.1, 0.15) is 0 Å². The van der Waals surface area contributed by atoms with Gasteiger partial charge < -0.3 is 9.88 Å². The molecule has 3 aromatic rings. The van der Waals surface area contributed by atoms with Crippen LogP contribution >= 0.6 is 0 Å². The summed E-state index contributed by atoms with van der Waals surface area (Å²) in [6.07, 6.45) is 5.29. The lowest BCUT2D eigenvalue weighted by molar-refractivity contribution is -0.116. The number of nitrogens with one attached hydrogen (secondary N) is 1. The first-order valence-electron chi connectivity index (χ1n) is 11.3. The maximum atomic E-state index is 13.3. The van der Waals surface area contributed by atoms with Crippen molar-refractivity contribution in [2.45, 2.75) is 37.9 Å². The second kappa shape index (κ2) is 9.87. The molecule has 184 valence electrons. The van der Waals surface area contributed by atoms with Crippen LogP contribution in [0.3, 0.4) is 0 Å². The Morgan fingerprint density at radius 2 is 1.94 bits per heavy atom. The van der Waals surface area contributed by atoms with Gasteiger partial charge in [-0.3, -0.25) is 18.7 Å². The van der Waals surface area contributed by atoms with E-state index in [2.05, 4.69) is 10.3 Å². The van der Waals surface area contributed by atoms with E-state index < -0.39 is 21.1 Å². The lowest BCUT2D eigenvalue weighted by atomic mass is 10.1. The minimum absolute atomic E-state index is 0.0163. The molecule has 0 aliphatic carbocycles. The van der Waals surface area contributed by atoms with Gasteiger partial charge in [0.05, 0.1) is 23.3 Å². The van der Waals surface area contributed by atoms with Crippen LogP contribution in [-0.2, 0) is 34.8 Å². The summed E-state index contributed by atoms with van der Waals surface area (Å²) >= 11 is 0. The van der Waals surface area contributed by atoms with Gasteiger partial charge in [-0.15, -0.1) is 0 Å². The molecule has 1 aromatic carbocycles. The van der Waals surface area contributed by atoms with Crippen molar-refractivity contribution in [2.24, 2.45) is 7.05 Å². The van der Waals surface area contributed by atoms with E-state index in [1.807, 2.05) is 18.5 Å². The number of sulfone groups is 1. The molecular formula is C24H27N5O5S. The first-order chi connectivity index (χ1) is 16.7. The summed E-state index contributed by atoms with van der Waals surface area (Å²) in [5, 5.41) is 2.53. The van der Waals surface area contributed by atoms with E-state index >= 15 is 0 Å². The van der Waals surface area contributed by atoms with Crippen LogP contribution in [0.15, 0.2) is 57.4 Å². The highest BCUT2D eigenvalue weighted by molar-refractivity contribution is 7.91. The second-order valence-corrected chi connectivity index (χ2v) is 10.4. The lowest BCUT2D eigenvalue weighted by Crippen LogP contribution is -2.45. The van der Waals surface area contributed by atoms with Gasteiger partial charge in [-0.1, -0.05) is 30.3 Å². The highest BCUT2D eigenvalue weighted by Gasteiger charge is 2.32. The van der Waals surface area contributed by atoms with E-state index in [4.69, 9.17) is 0 Å². The standard InChI is InChI=1S/C24H27N5O5S/c1-17-19(26-16-27(17)2)10-11-20(30)25-12-6-13-28-22(31)21(18-8-4-3-5-9-18)23-29(24(28)32)14-7-15-35(23,33)34/h3-5,8-11,16H,6-7,12-15H2,1-2H3,(H,25,30). The molecule has 0 radical (unpaired) electrons. The predicted molar refractivity (Wildman–Crippen MR) is 132 cm³/mol. The third-order valence-corrected chi connectivity index (χ3v) is 7.89. The van der Waals surface area contributed by atoms with E-state index in [0.29, 0.717) is 24.1 Å². The molecule has 3 heterocycles. The van der Waals surface area contributed by atoms with Crippen LogP contribution in [0, 0.1) is 6.92 Å². The minimum atomic E-state index is -3.77. The average Bonchev–Trinajstić information content (AvgIpc) is 3.15. The molecule has 0 fully saturated rings. The Morgan fingerprint density at radius 1 is 1.20 bits per heavy atom. The van der Waals surface area contributed by atoms with Gasteiger partial charge in [0.2, 0.25) is 5.91 Å². The smallest absolute Gasteiger partial charge is 0.332 e. The number of hydrogen-bond acceptors (Lipinski definition) is 6. The fourth-order valence-corrected chi connectivity index (χ4v) is 5.82. The van der Waals surface area contributed by atoms with Crippen molar-refractivity contribution in [3.63, 3.8) is 0 Å². The number of hydrogen-bond donors (Lipinski definition) is 1. The van der Waals surface area contributed by atoms with Crippen molar-refractivity contribution in [1.82, 2.24) is 24.0 Å². The number of imidazole rings is 1. The molecule has 11 heteroatoms. The van der Waals surface area contributed by atoms with Crippen molar-refractivity contribution in [1.29, 1.82) is 0 Å². The number of carbonyl (C=O) groups is 1. The van der Waals surface area contributed by atoms with E-state index in [1.165, 1.54) is 10.6 Å². The molecule has 0 spiro atoms. The van der Waals surface area contributed by atoms with Gasteiger partial charge in [0, 0.05) is 38.5 Å². The zero-order valence-electron chi connectivity index (χ0n) is 19.6. The number of nitrogens with zero attached hydrogens (tertiary/aromatic N) is 4. The second-order valence-electron chi connectivity index (χ2n) is 8.41. The topological polar surface area (TPSA) is 125 Å². The van der Waals surface area contributed by atoms with Crippen LogP contribution in [0.25, 0.3) is 17.2 Å². The molecule has 1 amide bonds. The quantitative estimate of drug-likeness (QED) is 0.296. The zero-order valence-corrected chi connectivity index (χ0v) is 20.4. The van der Waals surface area contributed by atoms with Crippen molar-refractivity contribution in [2.75, 3.05) is 12.3 Å². The average molecular weight is 498 g/mol. The number of carbonyl (C=O) groups excluding carboxylic acids is 1. The zero-order chi connectivity index (χ0) is 25.2. The van der Waals surface area contributed by atoms with Gasteiger partial charge in [0.15, 0.2) is 14.9 Å². The minimum Gasteiger partial charge on any atom is -0.352 e. The number of aromatic nitrogens is 4. The van der Waals surface area contributed by atoms with Crippen molar-refractivity contribution in [3.05, 3.63) is 75.0 Å². The largest absolute Gasteiger partial charge is 0.352 e. The van der Waals surface area contributed by atoms with Crippen LogP contribution in [0.5, 0.6) is 0 Å².